The number of alkyl halides is 3. The van der Waals surface area contributed by atoms with Crippen molar-refractivity contribution in [1.82, 2.24) is 15.2 Å². The smallest absolute Gasteiger partial charge is 0.366 e. The molecule has 0 saturated heterocycles. The Labute approximate surface area is 144 Å². The highest BCUT2D eigenvalue weighted by atomic mass is 19.4. The minimum atomic E-state index is -4.88. The van der Waals surface area contributed by atoms with Gasteiger partial charge in [0, 0.05) is 11.3 Å². The molecule has 4 N–H and O–H groups in total. The maximum absolute atomic E-state index is 14.2. The lowest BCUT2D eigenvalue weighted by atomic mass is 9.94. The molecule has 0 fully saturated rings. The molecule has 0 aliphatic heterocycles. The van der Waals surface area contributed by atoms with Gasteiger partial charge in [0.2, 0.25) is 11.9 Å². The van der Waals surface area contributed by atoms with Crippen LogP contribution in [0.5, 0.6) is 0 Å². The molecule has 10 heteroatoms. The number of aromatic amines is 1. The Bertz CT molecular complexity index is 985. The van der Waals surface area contributed by atoms with Crippen LogP contribution in [-0.2, 0) is 6.18 Å². The van der Waals surface area contributed by atoms with Gasteiger partial charge in [0.05, 0.1) is 17.2 Å². The van der Waals surface area contributed by atoms with Crippen LogP contribution in [0, 0.1) is 17.1 Å². The molecule has 3 rings (SSSR count). The lowest BCUT2D eigenvalue weighted by Gasteiger charge is -2.16. The average molecular weight is 362 g/mol. The molecular weight excluding hydrogens is 352 g/mol. The predicted octanol–water partition coefficient (Wildman–Crippen LogP) is 3.83. The molecule has 0 saturated carbocycles. The summed E-state index contributed by atoms with van der Waals surface area (Å²) in [5, 5.41) is 17.9. The Balaban J connectivity index is 2.03. The number of hydrogen-bond acceptors (Lipinski definition) is 5. The van der Waals surface area contributed by atoms with E-state index in [1.54, 1.807) is 0 Å². The van der Waals surface area contributed by atoms with Crippen molar-refractivity contribution >= 4 is 17.6 Å². The largest absolute Gasteiger partial charge is 0.418 e. The minimum Gasteiger partial charge on any atom is -0.366 e. The third kappa shape index (κ3) is 3.27. The maximum atomic E-state index is 14.2. The van der Waals surface area contributed by atoms with Gasteiger partial charge in [-0.1, -0.05) is 12.1 Å². The van der Waals surface area contributed by atoms with E-state index in [0.717, 1.165) is 12.1 Å². The Morgan fingerprint density at radius 1 is 1.12 bits per heavy atom. The Hall–Kier alpha value is -3.61. The number of nitrogens with zero attached hydrogens (tertiary/aromatic N) is 3. The van der Waals surface area contributed by atoms with Gasteiger partial charge in [0.1, 0.15) is 5.82 Å². The van der Waals surface area contributed by atoms with Crippen molar-refractivity contribution < 1.29 is 17.6 Å². The van der Waals surface area contributed by atoms with E-state index in [0.29, 0.717) is 5.69 Å². The first-order chi connectivity index (χ1) is 12.3. The van der Waals surface area contributed by atoms with E-state index in [4.69, 9.17) is 11.0 Å². The van der Waals surface area contributed by atoms with Crippen molar-refractivity contribution in [2.24, 2.45) is 0 Å². The molecule has 0 aliphatic rings. The summed E-state index contributed by atoms with van der Waals surface area (Å²) in [5.74, 6) is -0.807. The Morgan fingerprint density at radius 3 is 2.35 bits per heavy atom. The summed E-state index contributed by atoms with van der Waals surface area (Å²) in [6.45, 7) is 0. The molecule has 132 valence electrons. The van der Waals surface area contributed by atoms with Crippen molar-refractivity contribution in [3.8, 4) is 17.2 Å². The van der Waals surface area contributed by atoms with E-state index >= 15 is 0 Å². The predicted molar refractivity (Wildman–Crippen MR) is 85.6 cm³/mol. The summed E-state index contributed by atoms with van der Waals surface area (Å²) < 4.78 is 54.3. The second-order valence-corrected chi connectivity index (χ2v) is 5.20. The molecule has 2 aromatic carbocycles. The molecule has 0 radical (unpaired) electrons. The van der Waals surface area contributed by atoms with Gasteiger partial charge in [-0.15, -0.1) is 5.10 Å². The molecule has 0 bridgehead atoms. The lowest BCUT2D eigenvalue weighted by Crippen LogP contribution is -2.11. The average Bonchev–Trinajstić information content (AvgIpc) is 2.99. The fourth-order valence-corrected chi connectivity index (χ4v) is 2.43. The van der Waals surface area contributed by atoms with Crippen LogP contribution in [0.4, 0.5) is 35.1 Å². The SMILES string of the molecule is N#Cc1ccc(F)c(-c2ccc(Nc3nc(N)n[nH]3)cc2)c1C(F)(F)F. The second kappa shape index (κ2) is 6.36. The van der Waals surface area contributed by atoms with E-state index < -0.39 is 28.7 Å². The third-order valence-electron chi connectivity index (χ3n) is 3.50. The molecule has 0 unspecified atom stereocenters. The van der Waals surface area contributed by atoms with E-state index in [2.05, 4.69) is 20.5 Å². The van der Waals surface area contributed by atoms with E-state index in [-0.39, 0.29) is 17.5 Å². The maximum Gasteiger partial charge on any atom is 0.418 e. The van der Waals surface area contributed by atoms with Gasteiger partial charge in [-0.05, 0) is 29.8 Å². The summed E-state index contributed by atoms with van der Waals surface area (Å²) in [6.07, 6.45) is -4.88. The highest BCUT2D eigenvalue weighted by Crippen LogP contribution is 2.41. The fourth-order valence-electron chi connectivity index (χ4n) is 2.43. The van der Waals surface area contributed by atoms with Crippen molar-refractivity contribution in [3.63, 3.8) is 0 Å². The highest BCUT2D eigenvalue weighted by molar-refractivity contribution is 5.73. The van der Waals surface area contributed by atoms with Crippen LogP contribution >= 0.6 is 0 Å². The topological polar surface area (TPSA) is 103 Å². The molecule has 26 heavy (non-hydrogen) atoms. The van der Waals surface area contributed by atoms with Crippen molar-refractivity contribution in [2.75, 3.05) is 11.1 Å². The van der Waals surface area contributed by atoms with Gasteiger partial charge < -0.3 is 11.1 Å². The van der Waals surface area contributed by atoms with E-state index in [1.807, 2.05) is 0 Å². The van der Waals surface area contributed by atoms with Crippen LogP contribution in [-0.4, -0.2) is 15.2 Å². The second-order valence-electron chi connectivity index (χ2n) is 5.20. The number of anilines is 3. The zero-order valence-electron chi connectivity index (χ0n) is 12.9. The van der Waals surface area contributed by atoms with Gasteiger partial charge in [0.25, 0.3) is 0 Å². The first-order valence-electron chi connectivity index (χ1n) is 7.14. The molecule has 6 nitrogen and oxygen atoms in total. The number of nitriles is 1. The van der Waals surface area contributed by atoms with Crippen molar-refractivity contribution in [3.05, 3.63) is 53.3 Å². The number of hydrogen-bond donors (Lipinski definition) is 3. The minimum absolute atomic E-state index is 0.0189. The van der Waals surface area contributed by atoms with Gasteiger partial charge in [-0.25, -0.2) is 9.49 Å². The highest BCUT2D eigenvalue weighted by Gasteiger charge is 2.38. The van der Waals surface area contributed by atoms with Crippen LogP contribution < -0.4 is 11.1 Å². The van der Waals surface area contributed by atoms with Gasteiger partial charge in [0.15, 0.2) is 0 Å². The number of benzene rings is 2. The first kappa shape index (κ1) is 17.2. The lowest BCUT2D eigenvalue weighted by molar-refractivity contribution is -0.137. The third-order valence-corrected chi connectivity index (χ3v) is 3.50. The number of rotatable bonds is 3. The Kier molecular flexibility index (Phi) is 4.21. The van der Waals surface area contributed by atoms with Crippen LogP contribution in [0.25, 0.3) is 11.1 Å². The van der Waals surface area contributed by atoms with Gasteiger partial charge in [-0.2, -0.15) is 23.4 Å². The summed E-state index contributed by atoms with van der Waals surface area (Å²) in [5.41, 5.74) is 3.19. The number of nitrogen functional groups attached to an aromatic ring is 1. The molecule has 0 aliphatic carbocycles. The van der Waals surface area contributed by atoms with Crippen molar-refractivity contribution in [2.45, 2.75) is 6.18 Å². The van der Waals surface area contributed by atoms with Crippen LogP contribution in [0.1, 0.15) is 11.1 Å². The number of nitrogens with two attached hydrogens (primary N) is 1. The van der Waals surface area contributed by atoms with Crippen LogP contribution in [0.3, 0.4) is 0 Å². The molecule has 0 spiro atoms. The number of aromatic nitrogens is 3. The summed E-state index contributed by atoms with van der Waals surface area (Å²) >= 11 is 0. The van der Waals surface area contributed by atoms with E-state index in [1.165, 1.54) is 30.3 Å². The molecule has 1 heterocycles. The van der Waals surface area contributed by atoms with Crippen LogP contribution in [0.15, 0.2) is 36.4 Å². The monoisotopic (exact) mass is 362 g/mol. The molecule has 1 aromatic heterocycles. The van der Waals surface area contributed by atoms with Crippen LogP contribution in [0.2, 0.25) is 0 Å². The first-order valence-corrected chi connectivity index (χ1v) is 7.14. The quantitative estimate of drug-likeness (QED) is 0.615. The van der Waals surface area contributed by atoms with Crippen molar-refractivity contribution in [1.29, 1.82) is 5.26 Å². The zero-order valence-corrected chi connectivity index (χ0v) is 12.9. The summed E-state index contributed by atoms with van der Waals surface area (Å²) in [6, 6.07) is 8.59. The number of halogens is 4. The standard InChI is InChI=1S/C16H10F4N6/c17-11-6-3-9(7-21)13(16(18,19)20)12(11)8-1-4-10(5-2-8)23-15-24-14(22)25-26-15/h1-6H,(H4,22,23,24,25,26). The number of nitrogens with one attached hydrogen (secondary N) is 2. The zero-order chi connectivity index (χ0) is 18.9. The summed E-state index contributed by atoms with van der Waals surface area (Å²) in [4.78, 5) is 3.82. The molecule has 0 amide bonds. The number of H-pyrrole nitrogens is 1. The summed E-state index contributed by atoms with van der Waals surface area (Å²) in [7, 11) is 0. The molecule has 0 atom stereocenters. The Morgan fingerprint density at radius 2 is 1.81 bits per heavy atom. The molecular formula is C16H10F4N6. The van der Waals surface area contributed by atoms with E-state index in [9.17, 15) is 17.6 Å². The normalized spacial score (nSPS) is 11.2. The van der Waals surface area contributed by atoms with Gasteiger partial charge >= 0.3 is 6.18 Å². The fraction of sp³-hybridized carbons (Fsp3) is 0.0625. The van der Waals surface area contributed by atoms with Gasteiger partial charge in [-0.3, -0.25) is 0 Å². The molecule has 3 aromatic rings.